The molecule has 0 aromatic heterocycles. The molecule has 0 atom stereocenters. The van der Waals surface area contributed by atoms with Crippen molar-refractivity contribution < 1.29 is 14.7 Å². The molecule has 17 heavy (non-hydrogen) atoms. The average molecular weight is 236 g/mol. The summed E-state index contributed by atoms with van der Waals surface area (Å²) in [5.41, 5.74) is 1.38. The van der Waals surface area contributed by atoms with Crippen LogP contribution in [0, 0.1) is 0 Å². The first-order valence-corrected chi connectivity index (χ1v) is 5.36. The third-order valence-corrected chi connectivity index (χ3v) is 2.12. The summed E-state index contributed by atoms with van der Waals surface area (Å²) in [6.07, 6.45) is 0.225. The highest BCUT2D eigenvalue weighted by molar-refractivity contribution is 5.91. The van der Waals surface area contributed by atoms with Crippen molar-refractivity contribution in [2.45, 2.75) is 20.0 Å². The Morgan fingerprint density at radius 2 is 2.12 bits per heavy atom. The van der Waals surface area contributed by atoms with E-state index in [1.54, 1.807) is 24.3 Å². The molecule has 5 heteroatoms. The van der Waals surface area contributed by atoms with E-state index in [4.69, 9.17) is 5.11 Å². The van der Waals surface area contributed by atoms with Gasteiger partial charge in [0.25, 0.3) is 0 Å². The number of aliphatic hydroxyl groups excluding tert-OH is 1. The summed E-state index contributed by atoms with van der Waals surface area (Å²) >= 11 is 0. The zero-order valence-electron chi connectivity index (χ0n) is 9.69. The van der Waals surface area contributed by atoms with Crippen LogP contribution in [0.2, 0.25) is 0 Å². The van der Waals surface area contributed by atoms with Gasteiger partial charge in [0.05, 0.1) is 6.61 Å². The predicted octanol–water partition coefficient (Wildman–Crippen LogP) is 0.644. The number of amides is 2. The summed E-state index contributed by atoms with van der Waals surface area (Å²) in [6.45, 7) is 1.67. The van der Waals surface area contributed by atoms with E-state index >= 15 is 0 Å². The van der Waals surface area contributed by atoms with E-state index in [1.807, 2.05) is 0 Å². The first-order chi connectivity index (χ1) is 8.11. The molecule has 0 spiro atoms. The molecule has 92 valence electrons. The van der Waals surface area contributed by atoms with Crippen molar-refractivity contribution in [2.24, 2.45) is 0 Å². The molecule has 1 aromatic rings. The fourth-order valence-electron chi connectivity index (χ4n) is 1.32. The van der Waals surface area contributed by atoms with E-state index in [0.29, 0.717) is 12.2 Å². The first kappa shape index (κ1) is 13.2. The molecule has 3 N–H and O–H groups in total. The Labute approximate surface area is 99.8 Å². The average Bonchev–Trinajstić information content (AvgIpc) is 2.28. The Balaban J connectivity index is 2.42. The minimum Gasteiger partial charge on any atom is -0.392 e. The maximum Gasteiger partial charge on any atom is 0.226 e. The van der Waals surface area contributed by atoms with Gasteiger partial charge in [-0.1, -0.05) is 12.1 Å². The van der Waals surface area contributed by atoms with Gasteiger partial charge >= 0.3 is 0 Å². The van der Waals surface area contributed by atoms with Crippen molar-refractivity contribution >= 4 is 17.5 Å². The zero-order valence-corrected chi connectivity index (χ0v) is 9.69. The maximum absolute atomic E-state index is 11.5. The predicted molar refractivity (Wildman–Crippen MR) is 64.3 cm³/mol. The molecule has 0 unspecified atom stereocenters. The van der Waals surface area contributed by atoms with Crippen molar-refractivity contribution in [1.29, 1.82) is 0 Å². The van der Waals surface area contributed by atoms with Crippen LogP contribution in [0.15, 0.2) is 24.3 Å². The molecule has 0 fully saturated rings. The molecule has 0 saturated carbocycles. The molecule has 0 heterocycles. The molecular weight excluding hydrogens is 220 g/mol. The van der Waals surface area contributed by atoms with Crippen LogP contribution in [0.1, 0.15) is 18.9 Å². The van der Waals surface area contributed by atoms with Crippen LogP contribution in [-0.2, 0) is 16.2 Å². The number of nitrogens with one attached hydrogen (secondary N) is 2. The van der Waals surface area contributed by atoms with Crippen molar-refractivity contribution in [1.82, 2.24) is 5.32 Å². The Hall–Kier alpha value is -1.88. The number of hydrogen-bond acceptors (Lipinski definition) is 3. The van der Waals surface area contributed by atoms with Crippen LogP contribution >= 0.6 is 0 Å². The fraction of sp³-hybridized carbons (Fsp3) is 0.333. The van der Waals surface area contributed by atoms with Crippen molar-refractivity contribution in [3.05, 3.63) is 29.8 Å². The van der Waals surface area contributed by atoms with E-state index in [2.05, 4.69) is 10.6 Å². The molecule has 0 radical (unpaired) electrons. The van der Waals surface area contributed by atoms with Gasteiger partial charge < -0.3 is 15.7 Å². The van der Waals surface area contributed by atoms with Gasteiger partial charge in [-0.25, -0.2) is 0 Å². The highest BCUT2D eigenvalue weighted by atomic mass is 16.3. The number of carbonyl (C=O) groups is 2. The molecular formula is C12H16N2O3. The smallest absolute Gasteiger partial charge is 0.226 e. The fourth-order valence-corrected chi connectivity index (χ4v) is 1.32. The van der Waals surface area contributed by atoms with E-state index < -0.39 is 0 Å². The van der Waals surface area contributed by atoms with Crippen molar-refractivity contribution in [3.8, 4) is 0 Å². The van der Waals surface area contributed by atoms with E-state index in [-0.39, 0.29) is 24.8 Å². The van der Waals surface area contributed by atoms with Gasteiger partial charge in [0.1, 0.15) is 0 Å². The topological polar surface area (TPSA) is 78.4 Å². The third kappa shape index (κ3) is 5.12. The van der Waals surface area contributed by atoms with Crippen LogP contribution in [0.5, 0.6) is 0 Å². The summed E-state index contributed by atoms with van der Waals surface area (Å²) in [5, 5.41) is 14.2. The van der Waals surface area contributed by atoms with Gasteiger partial charge in [-0.05, 0) is 17.7 Å². The van der Waals surface area contributed by atoms with E-state index in [9.17, 15) is 9.59 Å². The summed E-state index contributed by atoms with van der Waals surface area (Å²) in [6, 6.07) is 6.98. The molecule has 0 saturated heterocycles. The second kappa shape index (κ2) is 6.65. The first-order valence-electron chi connectivity index (χ1n) is 5.36. The molecule has 5 nitrogen and oxygen atoms in total. The van der Waals surface area contributed by atoms with Crippen molar-refractivity contribution in [2.75, 3.05) is 11.9 Å². The quantitative estimate of drug-likeness (QED) is 0.702. The van der Waals surface area contributed by atoms with Crippen LogP contribution in [0.4, 0.5) is 5.69 Å². The van der Waals surface area contributed by atoms with Crippen LogP contribution in [0.25, 0.3) is 0 Å². The largest absolute Gasteiger partial charge is 0.392 e. The lowest BCUT2D eigenvalue weighted by atomic mass is 10.2. The Morgan fingerprint density at radius 3 is 2.76 bits per heavy atom. The molecule has 1 rings (SSSR count). The highest BCUT2D eigenvalue weighted by Gasteiger charge is 2.03. The number of benzene rings is 1. The molecule has 1 aromatic carbocycles. The van der Waals surface area contributed by atoms with Gasteiger partial charge in [-0.3, -0.25) is 9.59 Å². The Bertz CT molecular complexity index is 404. The summed E-state index contributed by atoms with van der Waals surface area (Å²) in [7, 11) is 0. The monoisotopic (exact) mass is 236 g/mol. The van der Waals surface area contributed by atoms with Gasteiger partial charge in [0, 0.05) is 25.6 Å². The van der Waals surface area contributed by atoms with Crippen molar-refractivity contribution in [3.63, 3.8) is 0 Å². The van der Waals surface area contributed by atoms with Crippen LogP contribution in [0.3, 0.4) is 0 Å². The number of anilines is 1. The molecule has 0 aliphatic heterocycles. The lowest BCUT2D eigenvalue weighted by Crippen LogP contribution is -2.25. The van der Waals surface area contributed by atoms with E-state index in [0.717, 1.165) is 5.56 Å². The maximum atomic E-state index is 11.5. The molecule has 0 bridgehead atoms. The van der Waals surface area contributed by atoms with Gasteiger partial charge in [0.2, 0.25) is 11.8 Å². The standard InChI is InChI=1S/C12H16N2O3/c1-9(16)13-6-5-12(17)14-11-4-2-3-10(7-11)8-15/h2-4,7,15H,5-6,8H2,1H3,(H,13,16)(H,14,17). The van der Waals surface area contributed by atoms with E-state index in [1.165, 1.54) is 6.92 Å². The molecule has 0 aliphatic rings. The number of hydrogen-bond donors (Lipinski definition) is 3. The summed E-state index contributed by atoms with van der Waals surface area (Å²) < 4.78 is 0. The normalized spacial score (nSPS) is 9.76. The van der Waals surface area contributed by atoms with Gasteiger partial charge in [-0.2, -0.15) is 0 Å². The van der Waals surface area contributed by atoms with Crippen LogP contribution in [-0.4, -0.2) is 23.5 Å². The summed E-state index contributed by atoms with van der Waals surface area (Å²) in [5.74, 6) is -0.325. The molecule has 2 amide bonds. The lowest BCUT2D eigenvalue weighted by Gasteiger charge is -2.06. The van der Waals surface area contributed by atoms with Gasteiger partial charge in [-0.15, -0.1) is 0 Å². The summed E-state index contributed by atoms with van der Waals surface area (Å²) in [4.78, 5) is 22.1. The third-order valence-electron chi connectivity index (χ3n) is 2.12. The Kier molecular flexibility index (Phi) is 5.16. The highest BCUT2D eigenvalue weighted by Crippen LogP contribution is 2.10. The number of rotatable bonds is 5. The minimum atomic E-state index is -0.172. The number of aliphatic hydroxyl groups is 1. The number of carbonyl (C=O) groups excluding carboxylic acids is 2. The second-order valence-electron chi connectivity index (χ2n) is 3.64. The van der Waals surface area contributed by atoms with Crippen LogP contribution < -0.4 is 10.6 Å². The zero-order chi connectivity index (χ0) is 12.7. The Morgan fingerprint density at radius 1 is 1.35 bits per heavy atom. The molecule has 0 aliphatic carbocycles. The minimum absolute atomic E-state index is 0.0599. The second-order valence-corrected chi connectivity index (χ2v) is 3.64. The lowest BCUT2D eigenvalue weighted by molar-refractivity contribution is -0.119. The SMILES string of the molecule is CC(=O)NCCC(=O)Nc1cccc(CO)c1. The van der Waals surface area contributed by atoms with Gasteiger partial charge in [0.15, 0.2) is 0 Å².